The molecule has 0 amide bonds. The van der Waals surface area contributed by atoms with Gasteiger partial charge < -0.3 is 10.1 Å². The number of H-pyrrole nitrogens is 1. The normalized spacial score (nSPS) is 18.2. The molecule has 106 valence electrons. The monoisotopic (exact) mass is 292 g/mol. The van der Waals surface area contributed by atoms with E-state index < -0.39 is 12.0 Å². The van der Waals surface area contributed by atoms with Crippen LogP contribution in [0.3, 0.4) is 0 Å². The minimum atomic E-state index is -0.798. The van der Waals surface area contributed by atoms with Gasteiger partial charge in [0, 0.05) is 27.7 Å². The Bertz CT molecular complexity index is 632. The highest BCUT2D eigenvalue weighted by Gasteiger charge is 2.30. The van der Waals surface area contributed by atoms with Crippen LogP contribution in [-0.4, -0.2) is 34.0 Å². The van der Waals surface area contributed by atoms with E-state index in [1.54, 1.807) is 12.3 Å². The minimum absolute atomic E-state index is 0.595. The second-order valence-electron chi connectivity index (χ2n) is 5.27. The van der Waals surface area contributed by atoms with E-state index in [4.69, 9.17) is 11.6 Å². The Labute approximate surface area is 122 Å². The third-order valence-electron chi connectivity index (χ3n) is 3.96. The van der Waals surface area contributed by atoms with Crippen molar-refractivity contribution in [3.8, 4) is 0 Å². The zero-order valence-electron chi connectivity index (χ0n) is 11.1. The number of likely N-dealkylation sites (tertiary alicyclic amines) is 1. The van der Waals surface area contributed by atoms with E-state index in [0.29, 0.717) is 5.02 Å². The molecule has 0 aliphatic carbocycles. The van der Waals surface area contributed by atoms with Gasteiger partial charge in [-0.2, -0.15) is 0 Å². The van der Waals surface area contributed by atoms with E-state index in [2.05, 4.69) is 9.88 Å². The van der Waals surface area contributed by atoms with Crippen molar-refractivity contribution in [2.24, 2.45) is 0 Å². The lowest BCUT2D eigenvalue weighted by atomic mass is 10.0. The molecule has 20 heavy (non-hydrogen) atoms. The lowest BCUT2D eigenvalue weighted by Gasteiger charge is -2.31. The molecule has 1 saturated heterocycles. The van der Waals surface area contributed by atoms with Gasteiger partial charge in [-0.3, -0.25) is 9.69 Å². The molecule has 1 aromatic carbocycles. The Morgan fingerprint density at radius 2 is 2.05 bits per heavy atom. The Kier molecular flexibility index (Phi) is 3.68. The van der Waals surface area contributed by atoms with Crippen molar-refractivity contribution in [1.29, 1.82) is 0 Å². The fourth-order valence-electron chi connectivity index (χ4n) is 3.00. The molecule has 2 aromatic rings. The number of hydrogen-bond donors (Lipinski definition) is 2. The number of rotatable bonds is 3. The zero-order valence-corrected chi connectivity index (χ0v) is 11.9. The predicted octanol–water partition coefficient (Wildman–Crippen LogP) is 3.43. The maximum absolute atomic E-state index is 11.7. The van der Waals surface area contributed by atoms with Crippen LogP contribution in [0.1, 0.15) is 30.9 Å². The lowest BCUT2D eigenvalue weighted by molar-refractivity contribution is -0.144. The summed E-state index contributed by atoms with van der Waals surface area (Å²) in [5, 5.41) is 11.2. The van der Waals surface area contributed by atoms with Crippen LogP contribution in [0, 0.1) is 0 Å². The highest BCUT2D eigenvalue weighted by Crippen LogP contribution is 2.32. The van der Waals surface area contributed by atoms with Gasteiger partial charge in [0.2, 0.25) is 0 Å². The summed E-state index contributed by atoms with van der Waals surface area (Å²) in [6, 6.07) is 4.93. The smallest absolute Gasteiger partial charge is 0.325 e. The van der Waals surface area contributed by atoms with Crippen LogP contribution < -0.4 is 0 Å². The van der Waals surface area contributed by atoms with E-state index >= 15 is 0 Å². The number of aromatic amines is 1. The number of aliphatic carboxylic acids is 1. The summed E-state index contributed by atoms with van der Waals surface area (Å²) >= 11 is 6.04. The van der Waals surface area contributed by atoms with Crippen LogP contribution in [0.5, 0.6) is 0 Å². The summed E-state index contributed by atoms with van der Waals surface area (Å²) < 4.78 is 0. The van der Waals surface area contributed by atoms with Crippen molar-refractivity contribution in [1.82, 2.24) is 9.88 Å². The van der Waals surface area contributed by atoms with E-state index in [9.17, 15) is 9.90 Å². The molecule has 2 N–H and O–H groups in total. The van der Waals surface area contributed by atoms with Crippen LogP contribution in [0.25, 0.3) is 10.9 Å². The highest BCUT2D eigenvalue weighted by atomic mass is 35.5. The van der Waals surface area contributed by atoms with Gasteiger partial charge in [-0.1, -0.05) is 18.0 Å². The number of nitrogens with zero attached hydrogens (tertiary/aromatic N) is 1. The molecule has 2 heterocycles. The maximum Gasteiger partial charge on any atom is 0.325 e. The van der Waals surface area contributed by atoms with E-state index in [0.717, 1.165) is 42.4 Å². The predicted molar refractivity (Wildman–Crippen MR) is 79.1 cm³/mol. The van der Waals surface area contributed by atoms with Crippen LogP contribution in [-0.2, 0) is 4.79 Å². The second kappa shape index (κ2) is 5.46. The van der Waals surface area contributed by atoms with Crippen molar-refractivity contribution >= 4 is 28.5 Å². The molecular formula is C15H17ClN2O2. The number of fused-ring (bicyclic) bond motifs is 1. The molecule has 5 heteroatoms. The second-order valence-corrected chi connectivity index (χ2v) is 5.71. The minimum Gasteiger partial charge on any atom is -0.480 e. The van der Waals surface area contributed by atoms with Crippen LogP contribution in [0.15, 0.2) is 24.4 Å². The molecule has 1 atom stereocenters. The van der Waals surface area contributed by atoms with Gasteiger partial charge in [-0.25, -0.2) is 0 Å². The summed E-state index contributed by atoms with van der Waals surface area (Å²) in [6.07, 6.45) is 5.11. The van der Waals surface area contributed by atoms with E-state index in [-0.39, 0.29) is 0 Å². The van der Waals surface area contributed by atoms with Gasteiger partial charge in [0.25, 0.3) is 0 Å². The molecule has 0 spiro atoms. The van der Waals surface area contributed by atoms with Gasteiger partial charge in [-0.05, 0) is 44.1 Å². The number of carboxylic acid groups (broad SMARTS) is 1. The van der Waals surface area contributed by atoms with Crippen LogP contribution >= 0.6 is 11.6 Å². The van der Waals surface area contributed by atoms with Crippen LogP contribution in [0.4, 0.5) is 0 Å². The number of carbonyl (C=O) groups is 1. The summed E-state index contributed by atoms with van der Waals surface area (Å²) in [6.45, 7) is 1.68. The first-order chi connectivity index (χ1) is 9.66. The summed E-state index contributed by atoms with van der Waals surface area (Å²) in [7, 11) is 0. The van der Waals surface area contributed by atoms with Gasteiger partial charge in [-0.15, -0.1) is 0 Å². The molecule has 1 aliphatic rings. The van der Waals surface area contributed by atoms with Gasteiger partial charge in [0.15, 0.2) is 0 Å². The number of halogens is 1. The van der Waals surface area contributed by atoms with Crippen molar-refractivity contribution in [2.45, 2.75) is 25.3 Å². The SMILES string of the molecule is O=C(O)[C@H](c1c[nH]c2ccc(Cl)cc12)N1CCCCC1. The Balaban J connectivity index is 2.04. The summed E-state index contributed by atoms with van der Waals surface area (Å²) in [5.74, 6) is -0.798. The zero-order chi connectivity index (χ0) is 14.1. The maximum atomic E-state index is 11.7. The number of carboxylic acids is 1. The largest absolute Gasteiger partial charge is 0.480 e. The van der Waals surface area contributed by atoms with Gasteiger partial charge in [0.05, 0.1) is 0 Å². The number of piperidine rings is 1. The Morgan fingerprint density at radius 1 is 1.30 bits per heavy atom. The van der Waals surface area contributed by atoms with Crippen molar-refractivity contribution in [2.75, 3.05) is 13.1 Å². The topological polar surface area (TPSA) is 56.3 Å². The molecule has 3 rings (SSSR count). The first-order valence-corrected chi connectivity index (χ1v) is 7.28. The molecular weight excluding hydrogens is 276 g/mol. The summed E-state index contributed by atoms with van der Waals surface area (Å²) in [5.41, 5.74) is 1.73. The number of aromatic nitrogens is 1. The molecule has 1 aliphatic heterocycles. The fourth-order valence-corrected chi connectivity index (χ4v) is 3.18. The third-order valence-corrected chi connectivity index (χ3v) is 4.20. The van der Waals surface area contributed by atoms with Crippen LogP contribution in [0.2, 0.25) is 5.02 Å². The van der Waals surface area contributed by atoms with E-state index in [1.807, 2.05) is 12.1 Å². The standard InChI is InChI=1S/C15H17ClN2O2/c16-10-4-5-13-11(8-10)12(9-17-13)14(15(19)20)18-6-2-1-3-7-18/h4-5,8-9,14,17H,1-3,6-7H2,(H,19,20)/t14-/m0/s1. The van der Waals surface area contributed by atoms with E-state index in [1.165, 1.54) is 6.42 Å². The first-order valence-electron chi connectivity index (χ1n) is 6.90. The molecule has 0 bridgehead atoms. The molecule has 1 aromatic heterocycles. The summed E-state index contributed by atoms with van der Waals surface area (Å²) in [4.78, 5) is 16.9. The molecule has 0 saturated carbocycles. The van der Waals surface area contributed by atoms with Crippen molar-refractivity contribution in [3.63, 3.8) is 0 Å². The molecule has 4 nitrogen and oxygen atoms in total. The molecule has 0 radical (unpaired) electrons. The number of nitrogens with one attached hydrogen (secondary N) is 1. The van der Waals surface area contributed by atoms with Gasteiger partial charge >= 0.3 is 5.97 Å². The highest BCUT2D eigenvalue weighted by molar-refractivity contribution is 6.31. The lowest BCUT2D eigenvalue weighted by Crippen LogP contribution is -2.37. The van der Waals surface area contributed by atoms with Crippen molar-refractivity contribution in [3.05, 3.63) is 35.0 Å². The average Bonchev–Trinajstić information content (AvgIpc) is 2.83. The Hall–Kier alpha value is -1.52. The van der Waals surface area contributed by atoms with Gasteiger partial charge in [0.1, 0.15) is 6.04 Å². The number of benzene rings is 1. The quantitative estimate of drug-likeness (QED) is 0.911. The average molecular weight is 293 g/mol. The van der Waals surface area contributed by atoms with Crippen molar-refractivity contribution < 1.29 is 9.90 Å². The molecule has 0 unspecified atom stereocenters. The Morgan fingerprint density at radius 3 is 2.75 bits per heavy atom. The number of hydrogen-bond acceptors (Lipinski definition) is 2. The first kappa shape index (κ1) is 13.5. The molecule has 1 fully saturated rings. The third kappa shape index (κ3) is 2.41. The fraction of sp³-hybridized carbons (Fsp3) is 0.400.